The molecule has 0 saturated carbocycles. The van der Waals surface area contributed by atoms with Crippen LogP contribution in [0, 0.1) is 10.1 Å². The summed E-state index contributed by atoms with van der Waals surface area (Å²) in [6.07, 6.45) is 1.29. The molecule has 0 radical (unpaired) electrons. The van der Waals surface area contributed by atoms with E-state index in [1.807, 2.05) is 0 Å². The minimum absolute atomic E-state index is 0.353. The van der Waals surface area contributed by atoms with Crippen LogP contribution >= 0.6 is 11.3 Å². The highest BCUT2D eigenvalue weighted by Gasteiger charge is 2.13. The molecule has 0 atom stereocenters. The van der Waals surface area contributed by atoms with Gasteiger partial charge in [-0.05, 0) is 4.92 Å². The number of rotatable bonds is 3. The second kappa shape index (κ2) is 3.46. The second-order valence-corrected chi connectivity index (χ2v) is 3.25. The third kappa shape index (κ3) is 1.71. The lowest BCUT2D eigenvalue weighted by atomic mass is 10.7. The maximum absolute atomic E-state index is 10.3. The van der Waals surface area contributed by atoms with Gasteiger partial charge in [0.15, 0.2) is 0 Å². The molecular formula is C5H4N6O2S. The molecule has 2 heterocycles. The molecule has 0 amide bonds. The standard InChI is InChI=1S/C5H4N6O2S/c12-11(13)5-6-2-10(9-5)1-4-8-7-3-14-4/h2-3H,1H2. The first-order valence-electron chi connectivity index (χ1n) is 3.54. The van der Waals surface area contributed by atoms with E-state index >= 15 is 0 Å². The highest BCUT2D eigenvalue weighted by atomic mass is 32.1. The van der Waals surface area contributed by atoms with Crippen LogP contribution in [-0.2, 0) is 6.54 Å². The summed E-state index contributed by atoms with van der Waals surface area (Å²) in [6.45, 7) is 0.353. The lowest BCUT2D eigenvalue weighted by Gasteiger charge is -1.88. The van der Waals surface area contributed by atoms with E-state index < -0.39 is 10.9 Å². The molecule has 0 saturated heterocycles. The Morgan fingerprint density at radius 3 is 3.07 bits per heavy atom. The third-order valence-corrected chi connectivity index (χ3v) is 2.07. The summed E-state index contributed by atoms with van der Waals surface area (Å²) >= 11 is 1.35. The first-order valence-corrected chi connectivity index (χ1v) is 4.42. The summed E-state index contributed by atoms with van der Waals surface area (Å²) in [6, 6.07) is 0. The van der Waals surface area contributed by atoms with Crippen molar-refractivity contribution in [2.75, 3.05) is 0 Å². The van der Waals surface area contributed by atoms with Gasteiger partial charge in [0.05, 0.1) is 0 Å². The first kappa shape index (κ1) is 8.69. The lowest BCUT2D eigenvalue weighted by molar-refractivity contribution is -0.394. The second-order valence-electron chi connectivity index (χ2n) is 2.33. The fraction of sp³-hybridized carbons (Fsp3) is 0.200. The van der Waals surface area contributed by atoms with Crippen LogP contribution in [0.2, 0.25) is 0 Å². The topological polar surface area (TPSA) is 99.6 Å². The van der Waals surface area contributed by atoms with Crippen molar-refractivity contribution in [3.8, 4) is 0 Å². The molecular weight excluding hydrogens is 208 g/mol. The van der Waals surface area contributed by atoms with Crippen molar-refractivity contribution in [2.24, 2.45) is 0 Å². The van der Waals surface area contributed by atoms with Crippen molar-refractivity contribution in [1.29, 1.82) is 0 Å². The molecule has 2 rings (SSSR count). The maximum atomic E-state index is 10.3. The number of hydrogen-bond acceptors (Lipinski definition) is 7. The van der Waals surface area contributed by atoms with Crippen LogP contribution < -0.4 is 0 Å². The van der Waals surface area contributed by atoms with E-state index in [-0.39, 0.29) is 0 Å². The van der Waals surface area contributed by atoms with E-state index in [0.717, 1.165) is 5.01 Å². The van der Waals surface area contributed by atoms with Gasteiger partial charge in [-0.1, -0.05) is 4.98 Å². The summed E-state index contributed by atoms with van der Waals surface area (Å²) in [5.41, 5.74) is 1.58. The minimum atomic E-state index is -0.642. The molecule has 0 fully saturated rings. The Labute approximate surface area is 81.4 Å². The highest BCUT2D eigenvalue weighted by Crippen LogP contribution is 2.05. The number of aromatic nitrogens is 5. The summed E-state index contributed by atoms with van der Waals surface area (Å²) in [7, 11) is 0. The maximum Gasteiger partial charge on any atom is 0.490 e. The molecule has 0 aromatic carbocycles. The van der Waals surface area contributed by atoms with Crippen LogP contribution in [0.3, 0.4) is 0 Å². The SMILES string of the molecule is O=[N+]([O-])c1ncn(Cc2nncs2)n1. The van der Waals surface area contributed by atoms with Gasteiger partial charge in [-0.15, -0.1) is 21.5 Å². The molecule has 0 N–H and O–H groups in total. The zero-order valence-electron chi connectivity index (χ0n) is 6.77. The normalized spacial score (nSPS) is 10.3. The molecule has 0 aliphatic rings. The fourth-order valence-corrected chi connectivity index (χ4v) is 1.37. The summed E-state index contributed by atoms with van der Waals surface area (Å²) < 4.78 is 1.35. The average Bonchev–Trinajstić information content (AvgIpc) is 2.75. The van der Waals surface area contributed by atoms with Gasteiger partial charge >= 0.3 is 5.95 Å². The van der Waals surface area contributed by atoms with Crippen LogP contribution in [-0.4, -0.2) is 29.9 Å². The van der Waals surface area contributed by atoms with Gasteiger partial charge in [-0.3, -0.25) is 0 Å². The Balaban J connectivity index is 2.14. The Morgan fingerprint density at radius 2 is 2.50 bits per heavy atom. The van der Waals surface area contributed by atoms with Crippen LogP contribution in [0.1, 0.15) is 5.01 Å². The Morgan fingerprint density at radius 1 is 1.64 bits per heavy atom. The third-order valence-electron chi connectivity index (χ3n) is 1.39. The van der Waals surface area contributed by atoms with Crippen LogP contribution in [0.4, 0.5) is 5.95 Å². The zero-order valence-corrected chi connectivity index (χ0v) is 7.59. The van der Waals surface area contributed by atoms with E-state index in [1.165, 1.54) is 22.3 Å². The number of hydrogen-bond donors (Lipinski definition) is 0. The van der Waals surface area contributed by atoms with Crippen molar-refractivity contribution >= 4 is 17.3 Å². The van der Waals surface area contributed by atoms with E-state index in [0.29, 0.717) is 6.54 Å². The Kier molecular flexibility index (Phi) is 2.14. The largest absolute Gasteiger partial charge is 0.490 e. The van der Waals surface area contributed by atoms with Crippen LogP contribution in [0.15, 0.2) is 11.8 Å². The van der Waals surface area contributed by atoms with Crippen LogP contribution in [0.5, 0.6) is 0 Å². The van der Waals surface area contributed by atoms with Crippen LogP contribution in [0.25, 0.3) is 0 Å². The summed E-state index contributed by atoms with van der Waals surface area (Å²) in [4.78, 5) is 13.1. The predicted octanol–water partition coefficient (Wildman–Crippen LogP) is 0.0861. The average molecular weight is 212 g/mol. The van der Waals surface area contributed by atoms with Crippen molar-refractivity contribution in [3.05, 3.63) is 27.0 Å². The Bertz CT molecular complexity index is 437. The summed E-state index contributed by atoms with van der Waals surface area (Å²) in [5.74, 6) is -0.408. The first-order chi connectivity index (χ1) is 6.75. The van der Waals surface area contributed by atoms with Gasteiger partial charge < -0.3 is 10.1 Å². The summed E-state index contributed by atoms with van der Waals surface area (Å²) in [5, 5.41) is 22.0. The molecule has 2 aromatic heterocycles. The van der Waals surface area contributed by atoms with Gasteiger partial charge in [0, 0.05) is 5.10 Å². The molecule has 2 aromatic rings. The van der Waals surface area contributed by atoms with Crippen molar-refractivity contribution in [2.45, 2.75) is 6.54 Å². The van der Waals surface area contributed by atoms with Crippen molar-refractivity contribution < 1.29 is 4.92 Å². The van der Waals surface area contributed by atoms with Gasteiger partial charge in [-0.25, -0.2) is 0 Å². The number of nitrogens with zero attached hydrogens (tertiary/aromatic N) is 6. The Hall–Kier alpha value is -1.90. The lowest BCUT2D eigenvalue weighted by Crippen LogP contribution is -2.00. The fourth-order valence-electron chi connectivity index (χ4n) is 0.848. The monoisotopic (exact) mass is 212 g/mol. The van der Waals surface area contributed by atoms with E-state index in [2.05, 4.69) is 20.3 Å². The van der Waals surface area contributed by atoms with E-state index in [9.17, 15) is 10.1 Å². The quantitative estimate of drug-likeness (QED) is 0.527. The highest BCUT2D eigenvalue weighted by molar-refractivity contribution is 7.09. The molecule has 0 spiro atoms. The molecule has 9 heteroatoms. The zero-order chi connectivity index (χ0) is 9.97. The molecule has 14 heavy (non-hydrogen) atoms. The van der Waals surface area contributed by atoms with E-state index in [4.69, 9.17) is 0 Å². The molecule has 72 valence electrons. The van der Waals surface area contributed by atoms with Crippen molar-refractivity contribution in [1.82, 2.24) is 25.0 Å². The smallest absolute Gasteiger partial charge is 0.390 e. The molecule has 0 aliphatic heterocycles. The predicted molar refractivity (Wildman–Crippen MR) is 45.7 cm³/mol. The van der Waals surface area contributed by atoms with Gasteiger partial charge in [-0.2, -0.15) is 4.68 Å². The molecule has 0 unspecified atom stereocenters. The molecule has 0 bridgehead atoms. The van der Waals surface area contributed by atoms with Gasteiger partial charge in [0.25, 0.3) is 0 Å². The molecule has 0 aliphatic carbocycles. The van der Waals surface area contributed by atoms with Gasteiger partial charge in [0.2, 0.25) is 6.33 Å². The van der Waals surface area contributed by atoms with Gasteiger partial charge in [0.1, 0.15) is 17.1 Å². The number of nitro groups is 1. The molecule has 8 nitrogen and oxygen atoms in total. The minimum Gasteiger partial charge on any atom is -0.390 e. The van der Waals surface area contributed by atoms with Crippen molar-refractivity contribution in [3.63, 3.8) is 0 Å². The van der Waals surface area contributed by atoms with E-state index in [1.54, 1.807) is 5.51 Å².